The maximum absolute atomic E-state index is 8.98. The first-order valence-corrected chi connectivity index (χ1v) is 5.41. The first-order valence-electron chi connectivity index (χ1n) is 5.41. The maximum Gasteiger partial charge on any atom is 0.158 e. The van der Waals surface area contributed by atoms with Gasteiger partial charge in [-0.15, -0.1) is 10.2 Å². The molecule has 0 bridgehead atoms. The highest BCUT2D eigenvalue weighted by Crippen LogP contribution is 2.16. The molecule has 0 saturated carbocycles. The van der Waals surface area contributed by atoms with Gasteiger partial charge in [0.1, 0.15) is 12.4 Å². The molecule has 0 aromatic carbocycles. The number of aliphatic hydroxyl groups is 1. The molecule has 5 nitrogen and oxygen atoms in total. The van der Waals surface area contributed by atoms with E-state index in [9.17, 15) is 0 Å². The number of hydrogen-bond acceptors (Lipinski definition) is 4. The molecule has 1 atom stereocenters. The highest BCUT2D eigenvalue weighted by molar-refractivity contribution is 4.95. The number of ether oxygens (including phenoxy) is 1. The van der Waals surface area contributed by atoms with Crippen molar-refractivity contribution in [2.45, 2.75) is 38.4 Å². The van der Waals surface area contributed by atoms with Gasteiger partial charge in [-0.05, 0) is 19.3 Å². The average Bonchev–Trinajstić information content (AvgIpc) is 2.62. The molecule has 15 heavy (non-hydrogen) atoms. The summed E-state index contributed by atoms with van der Waals surface area (Å²) in [6.45, 7) is 0.796. The van der Waals surface area contributed by atoms with Crippen LogP contribution in [0, 0.1) is 0 Å². The van der Waals surface area contributed by atoms with Crippen molar-refractivity contribution in [2.24, 2.45) is 7.05 Å². The van der Waals surface area contributed by atoms with Gasteiger partial charge in [0, 0.05) is 20.1 Å². The van der Waals surface area contributed by atoms with Gasteiger partial charge in [-0.1, -0.05) is 0 Å². The molecule has 0 aliphatic carbocycles. The van der Waals surface area contributed by atoms with Crippen molar-refractivity contribution in [3.05, 3.63) is 11.6 Å². The lowest BCUT2D eigenvalue weighted by Crippen LogP contribution is -2.23. The minimum atomic E-state index is -0.0605. The van der Waals surface area contributed by atoms with Crippen molar-refractivity contribution in [3.8, 4) is 0 Å². The average molecular weight is 211 g/mol. The predicted molar refractivity (Wildman–Crippen MR) is 54.2 cm³/mol. The number of aliphatic hydroxyl groups excluding tert-OH is 1. The summed E-state index contributed by atoms with van der Waals surface area (Å²) in [5, 5.41) is 16.9. The molecule has 0 amide bonds. The Bertz CT molecular complexity index is 318. The molecule has 2 heterocycles. The van der Waals surface area contributed by atoms with E-state index >= 15 is 0 Å². The summed E-state index contributed by atoms with van der Waals surface area (Å²) in [5.74, 6) is 1.51. The van der Waals surface area contributed by atoms with Gasteiger partial charge < -0.3 is 14.4 Å². The third-order valence-electron chi connectivity index (χ3n) is 2.88. The zero-order valence-electron chi connectivity index (χ0n) is 9.02. The van der Waals surface area contributed by atoms with Crippen LogP contribution < -0.4 is 0 Å². The third-order valence-corrected chi connectivity index (χ3v) is 2.88. The van der Waals surface area contributed by atoms with E-state index in [1.54, 1.807) is 0 Å². The van der Waals surface area contributed by atoms with Gasteiger partial charge in [-0.2, -0.15) is 0 Å². The van der Waals surface area contributed by atoms with Crippen LogP contribution in [-0.2, 0) is 24.8 Å². The van der Waals surface area contributed by atoms with Crippen LogP contribution in [0.25, 0.3) is 0 Å². The molecule has 1 N–H and O–H groups in total. The zero-order chi connectivity index (χ0) is 10.7. The molecular weight excluding hydrogens is 194 g/mol. The molecule has 0 spiro atoms. The van der Waals surface area contributed by atoms with Crippen LogP contribution in [-0.4, -0.2) is 32.6 Å². The Morgan fingerprint density at radius 2 is 2.20 bits per heavy atom. The second kappa shape index (κ2) is 4.72. The fraction of sp³-hybridized carbons (Fsp3) is 0.800. The number of aromatic nitrogens is 3. The fourth-order valence-electron chi connectivity index (χ4n) is 1.89. The summed E-state index contributed by atoms with van der Waals surface area (Å²) < 4.78 is 7.48. The monoisotopic (exact) mass is 211 g/mol. The smallest absolute Gasteiger partial charge is 0.158 e. The topological polar surface area (TPSA) is 60.2 Å². The van der Waals surface area contributed by atoms with Crippen LogP contribution in [0.1, 0.15) is 30.9 Å². The predicted octanol–water partition coefficient (Wildman–Crippen LogP) is 0.419. The Morgan fingerprint density at radius 3 is 2.80 bits per heavy atom. The van der Waals surface area contributed by atoms with Gasteiger partial charge in [0.15, 0.2) is 5.82 Å². The normalized spacial score (nSPS) is 21.9. The summed E-state index contributed by atoms with van der Waals surface area (Å²) in [5.41, 5.74) is 0. The zero-order valence-corrected chi connectivity index (χ0v) is 9.02. The Kier molecular flexibility index (Phi) is 3.33. The number of rotatable bonds is 3. The first-order chi connectivity index (χ1) is 7.31. The summed E-state index contributed by atoms with van der Waals surface area (Å²) >= 11 is 0. The Balaban J connectivity index is 2.00. The van der Waals surface area contributed by atoms with E-state index in [-0.39, 0.29) is 12.7 Å². The maximum atomic E-state index is 8.98. The Morgan fingerprint density at radius 1 is 1.40 bits per heavy atom. The van der Waals surface area contributed by atoms with Crippen LogP contribution in [0.15, 0.2) is 0 Å². The minimum absolute atomic E-state index is 0.0605. The summed E-state index contributed by atoms with van der Waals surface area (Å²) in [6, 6.07) is 0. The van der Waals surface area contributed by atoms with Crippen molar-refractivity contribution in [1.29, 1.82) is 0 Å². The van der Waals surface area contributed by atoms with E-state index in [1.807, 2.05) is 11.6 Å². The van der Waals surface area contributed by atoms with Crippen LogP contribution in [0.4, 0.5) is 0 Å². The van der Waals surface area contributed by atoms with E-state index in [0.717, 1.165) is 31.7 Å². The van der Waals surface area contributed by atoms with Crippen molar-refractivity contribution in [1.82, 2.24) is 14.8 Å². The van der Waals surface area contributed by atoms with Crippen LogP contribution in [0.5, 0.6) is 0 Å². The number of nitrogens with zero attached hydrogens (tertiary/aromatic N) is 3. The van der Waals surface area contributed by atoms with Crippen molar-refractivity contribution < 1.29 is 9.84 Å². The lowest BCUT2D eigenvalue weighted by molar-refractivity contribution is 0.0152. The van der Waals surface area contributed by atoms with Crippen molar-refractivity contribution >= 4 is 0 Å². The van der Waals surface area contributed by atoms with E-state index < -0.39 is 0 Å². The molecule has 84 valence electrons. The molecule has 1 fully saturated rings. The van der Waals surface area contributed by atoms with E-state index in [0.29, 0.717) is 5.82 Å². The van der Waals surface area contributed by atoms with Gasteiger partial charge in [0.2, 0.25) is 0 Å². The summed E-state index contributed by atoms with van der Waals surface area (Å²) in [6.07, 6.45) is 4.56. The van der Waals surface area contributed by atoms with E-state index in [1.165, 1.54) is 6.42 Å². The molecule has 1 saturated heterocycles. The van der Waals surface area contributed by atoms with Crippen molar-refractivity contribution in [2.75, 3.05) is 6.61 Å². The summed E-state index contributed by atoms with van der Waals surface area (Å²) in [4.78, 5) is 0. The van der Waals surface area contributed by atoms with Gasteiger partial charge >= 0.3 is 0 Å². The van der Waals surface area contributed by atoms with Gasteiger partial charge in [0.05, 0.1) is 6.10 Å². The second-order valence-electron chi connectivity index (χ2n) is 3.94. The second-order valence-corrected chi connectivity index (χ2v) is 3.94. The molecule has 1 unspecified atom stereocenters. The highest BCUT2D eigenvalue weighted by Gasteiger charge is 2.18. The molecule has 1 aliphatic heterocycles. The standard InChI is InChI=1S/C10H17N3O2/c1-13-9(11-12-10(13)7-14)6-8-4-2-3-5-15-8/h8,14H,2-7H2,1H3. The SMILES string of the molecule is Cn1c(CO)nnc1CC1CCCCO1. The molecule has 5 heteroatoms. The highest BCUT2D eigenvalue weighted by atomic mass is 16.5. The lowest BCUT2D eigenvalue weighted by atomic mass is 10.1. The first kappa shape index (κ1) is 10.6. The molecular formula is C10H17N3O2. The molecule has 0 radical (unpaired) electrons. The fourth-order valence-corrected chi connectivity index (χ4v) is 1.89. The van der Waals surface area contributed by atoms with E-state index in [4.69, 9.17) is 9.84 Å². The van der Waals surface area contributed by atoms with Gasteiger partial charge in [-0.25, -0.2) is 0 Å². The van der Waals surface area contributed by atoms with Crippen LogP contribution in [0.2, 0.25) is 0 Å². The molecule has 1 aromatic rings. The van der Waals surface area contributed by atoms with Crippen LogP contribution >= 0.6 is 0 Å². The van der Waals surface area contributed by atoms with Gasteiger partial charge in [-0.3, -0.25) is 0 Å². The van der Waals surface area contributed by atoms with Gasteiger partial charge in [0.25, 0.3) is 0 Å². The third kappa shape index (κ3) is 2.35. The largest absolute Gasteiger partial charge is 0.388 e. The Hall–Kier alpha value is -0.940. The van der Waals surface area contributed by atoms with Crippen LogP contribution in [0.3, 0.4) is 0 Å². The summed E-state index contributed by atoms with van der Waals surface area (Å²) in [7, 11) is 1.88. The molecule has 2 rings (SSSR count). The quantitative estimate of drug-likeness (QED) is 0.787. The molecule has 1 aliphatic rings. The Labute approximate surface area is 89.1 Å². The minimum Gasteiger partial charge on any atom is -0.388 e. The molecule has 1 aromatic heterocycles. The number of hydrogen-bond donors (Lipinski definition) is 1. The van der Waals surface area contributed by atoms with E-state index in [2.05, 4.69) is 10.2 Å². The van der Waals surface area contributed by atoms with Crippen molar-refractivity contribution in [3.63, 3.8) is 0 Å². The lowest BCUT2D eigenvalue weighted by Gasteiger charge is -2.21.